The van der Waals surface area contributed by atoms with E-state index in [0.29, 0.717) is 6.61 Å². The third-order valence-electron chi connectivity index (χ3n) is 1.79. The first-order chi connectivity index (χ1) is 5.66. The predicted octanol–water partition coefficient (Wildman–Crippen LogP) is -1.54. The van der Waals surface area contributed by atoms with Gasteiger partial charge in [-0.05, 0) is 6.92 Å². The molecule has 5 heteroatoms. The van der Waals surface area contributed by atoms with Gasteiger partial charge in [0.2, 0.25) is 0 Å². The van der Waals surface area contributed by atoms with Gasteiger partial charge in [0.1, 0.15) is 18.3 Å². The largest absolute Gasteiger partial charge is 0.388 e. The van der Waals surface area contributed by atoms with Crippen LogP contribution >= 0.6 is 0 Å². The van der Waals surface area contributed by atoms with Crippen LogP contribution in [0.2, 0.25) is 0 Å². The molecular weight excluding hydrogens is 164 g/mol. The Morgan fingerprint density at radius 2 is 2.00 bits per heavy atom. The second-order valence-corrected chi connectivity index (χ2v) is 2.71. The summed E-state index contributed by atoms with van der Waals surface area (Å²) in [5, 5.41) is 27.5. The normalized spacial score (nSPS) is 43.0. The van der Waals surface area contributed by atoms with E-state index in [2.05, 4.69) is 0 Å². The van der Waals surface area contributed by atoms with Crippen molar-refractivity contribution in [3.05, 3.63) is 0 Å². The van der Waals surface area contributed by atoms with Gasteiger partial charge in [0.05, 0.1) is 6.61 Å². The molecule has 0 radical (unpaired) electrons. The molecule has 0 saturated carbocycles. The van der Waals surface area contributed by atoms with Crippen LogP contribution in [0.3, 0.4) is 0 Å². The minimum Gasteiger partial charge on any atom is -0.388 e. The van der Waals surface area contributed by atoms with Gasteiger partial charge in [-0.25, -0.2) is 0 Å². The molecule has 4 atom stereocenters. The van der Waals surface area contributed by atoms with Crippen LogP contribution in [0.1, 0.15) is 6.92 Å². The molecule has 1 rings (SSSR count). The molecule has 72 valence electrons. The Morgan fingerprint density at radius 1 is 1.33 bits per heavy atom. The van der Waals surface area contributed by atoms with Gasteiger partial charge in [-0.3, -0.25) is 0 Å². The van der Waals surface area contributed by atoms with E-state index < -0.39 is 24.6 Å². The first-order valence-corrected chi connectivity index (χ1v) is 3.94. The summed E-state index contributed by atoms with van der Waals surface area (Å²) in [4.78, 5) is 0. The van der Waals surface area contributed by atoms with E-state index in [1.54, 1.807) is 6.92 Å². The second kappa shape index (κ2) is 4.15. The molecule has 1 aliphatic rings. The summed E-state index contributed by atoms with van der Waals surface area (Å²) in [6.07, 6.45) is -4.21. The highest BCUT2D eigenvalue weighted by molar-refractivity contribution is 4.82. The highest BCUT2D eigenvalue weighted by atomic mass is 16.7. The van der Waals surface area contributed by atoms with Gasteiger partial charge in [-0.15, -0.1) is 0 Å². The minimum absolute atomic E-state index is 0.0110. The van der Waals surface area contributed by atoms with Crippen molar-refractivity contribution in [3.8, 4) is 0 Å². The average Bonchev–Trinajstić information content (AvgIpc) is 2.07. The summed E-state index contributed by atoms with van der Waals surface area (Å²) in [6.45, 7) is 2.14. The zero-order valence-electron chi connectivity index (χ0n) is 6.88. The smallest absolute Gasteiger partial charge is 0.186 e. The molecule has 0 aliphatic carbocycles. The van der Waals surface area contributed by atoms with E-state index in [0.717, 1.165) is 0 Å². The van der Waals surface area contributed by atoms with Gasteiger partial charge in [-0.2, -0.15) is 0 Å². The summed E-state index contributed by atoms with van der Waals surface area (Å²) in [7, 11) is 0. The van der Waals surface area contributed by atoms with Crippen LogP contribution in [-0.2, 0) is 9.47 Å². The zero-order chi connectivity index (χ0) is 9.14. The zero-order valence-corrected chi connectivity index (χ0v) is 6.88. The standard InChI is InChI=1S/C7H14O5/c1-2-11-7-6(10)5(9)4(8)3-12-7/h4-10H,2-3H2,1H3/t4-,5-,6+,7+/m1/s1. The average molecular weight is 178 g/mol. The van der Waals surface area contributed by atoms with Gasteiger partial charge in [0.15, 0.2) is 6.29 Å². The predicted molar refractivity (Wildman–Crippen MR) is 39.4 cm³/mol. The topological polar surface area (TPSA) is 79.2 Å². The lowest BCUT2D eigenvalue weighted by Crippen LogP contribution is -2.53. The summed E-state index contributed by atoms with van der Waals surface area (Å²) < 4.78 is 9.90. The van der Waals surface area contributed by atoms with Crippen LogP contribution in [0.15, 0.2) is 0 Å². The minimum atomic E-state index is -1.18. The lowest BCUT2D eigenvalue weighted by Gasteiger charge is -2.34. The first kappa shape index (κ1) is 9.88. The molecule has 0 spiro atoms. The van der Waals surface area contributed by atoms with Gasteiger partial charge in [0, 0.05) is 6.61 Å². The van der Waals surface area contributed by atoms with Crippen LogP contribution in [-0.4, -0.2) is 53.1 Å². The molecule has 1 fully saturated rings. The molecule has 0 bridgehead atoms. The fourth-order valence-electron chi connectivity index (χ4n) is 1.09. The molecule has 1 heterocycles. The molecular formula is C7H14O5. The summed E-state index contributed by atoms with van der Waals surface area (Å²) in [5.41, 5.74) is 0. The molecule has 0 aromatic rings. The molecule has 12 heavy (non-hydrogen) atoms. The van der Waals surface area contributed by atoms with Crippen molar-refractivity contribution >= 4 is 0 Å². The van der Waals surface area contributed by atoms with Crippen molar-refractivity contribution in [3.63, 3.8) is 0 Å². The maximum absolute atomic E-state index is 9.28. The fraction of sp³-hybridized carbons (Fsp3) is 1.00. The number of hydrogen-bond acceptors (Lipinski definition) is 5. The number of hydrogen-bond donors (Lipinski definition) is 3. The van der Waals surface area contributed by atoms with E-state index in [-0.39, 0.29) is 6.61 Å². The Balaban J connectivity index is 2.46. The van der Waals surface area contributed by atoms with E-state index in [1.807, 2.05) is 0 Å². The quantitative estimate of drug-likeness (QED) is 0.477. The number of aliphatic hydroxyl groups is 3. The lowest BCUT2D eigenvalue weighted by molar-refractivity contribution is -0.268. The first-order valence-electron chi connectivity index (χ1n) is 3.94. The van der Waals surface area contributed by atoms with Gasteiger partial charge in [-0.1, -0.05) is 0 Å². The fourth-order valence-corrected chi connectivity index (χ4v) is 1.09. The highest BCUT2D eigenvalue weighted by Gasteiger charge is 2.37. The third kappa shape index (κ3) is 1.94. The van der Waals surface area contributed by atoms with E-state index >= 15 is 0 Å². The molecule has 5 nitrogen and oxygen atoms in total. The lowest BCUT2D eigenvalue weighted by atomic mass is 10.1. The SMILES string of the molecule is CCO[C@H]1OC[C@@H](O)[C@@H](O)[C@@H]1O. The van der Waals surface area contributed by atoms with E-state index in [9.17, 15) is 10.2 Å². The van der Waals surface area contributed by atoms with E-state index in [1.165, 1.54) is 0 Å². The van der Waals surface area contributed by atoms with Crippen LogP contribution < -0.4 is 0 Å². The monoisotopic (exact) mass is 178 g/mol. The Hall–Kier alpha value is -0.200. The third-order valence-corrected chi connectivity index (χ3v) is 1.79. The summed E-state index contributed by atoms with van der Waals surface area (Å²) in [6, 6.07) is 0. The van der Waals surface area contributed by atoms with Crippen LogP contribution in [0.4, 0.5) is 0 Å². The number of aliphatic hydroxyl groups excluding tert-OH is 3. The molecule has 3 N–H and O–H groups in total. The van der Waals surface area contributed by atoms with Crippen molar-refractivity contribution < 1.29 is 24.8 Å². The molecule has 0 aromatic heterocycles. The molecule has 1 aliphatic heterocycles. The summed E-state index contributed by atoms with van der Waals surface area (Å²) >= 11 is 0. The molecule has 0 amide bonds. The van der Waals surface area contributed by atoms with Crippen LogP contribution in [0.5, 0.6) is 0 Å². The van der Waals surface area contributed by atoms with Crippen LogP contribution in [0.25, 0.3) is 0 Å². The molecule has 0 unspecified atom stereocenters. The molecule has 1 saturated heterocycles. The number of ether oxygens (including phenoxy) is 2. The number of rotatable bonds is 2. The van der Waals surface area contributed by atoms with Gasteiger partial charge < -0.3 is 24.8 Å². The van der Waals surface area contributed by atoms with Gasteiger partial charge in [0.25, 0.3) is 0 Å². The Kier molecular flexibility index (Phi) is 3.42. The maximum Gasteiger partial charge on any atom is 0.186 e. The van der Waals surface area contributed by atoms with Crippen LogP contribution in [0, 0.1) is 0 Å². The summed E-state index contributed by atoms with van der Waals surface area (Å²) in [5.74, 6) is 0. The van der Waals surface area contributed by atoms with Crippen molar-refractivity contribution in [1.82, 2.24) is 0 Å². The van der Waals surface area contributed by atoms with Crippen molar-refractivity contribution in [2.75, 3.05) is 13.2 Å². The molecule has 0 aromatic carbocycles. The Morgan fingerprint density at radius 3 is 2.58 bits per heavy atom. The van der Waals surface area contributed by atoms with Crippen molar-refractivity contribution in [2.45, 2.75) is 31.5 Å². The highest BCUT2D eigenvalue weighted by Crippen LogP contribution is 2.15. The van der Waals surface area contributed by atoms with Crippen molar-refractivity contribution in [1.29, 1.82) is 0 Å². The van der Waals surface area contributed by atoms with Gasteiger partial charge >= 0.3 is 0 Å². The maximum atomic E-state index is 9.28. The Labute approximate surface area is 70.5 Å². The Bertz CT molecular complexity index is 140. The second-order valence-electron chi connectivity index (χ2n) is 2.71. The van der Waals surface area contributed by atoms with Crippen molar-refractivity contribution in [2.24, 2.45) is 0 Å². The van der Waals surface area contributed by atoms with E-state index in [4.69, 9.17) is 14.6 Å².